The maximum absolute atomic E-state index is 13.4. The van der Waals surface area contributed by atoms with Gasteiger partial charge in [0.1, 0.15) is 5.82 Å². The lowest BCUT2D eigenvalue weighted by atomic mass is 9.88. The molecule has 1 aromatic rings. The second kappa shape index (κ2) is 3.12. The van der Waals surface area contributed by atoms with Gasteiger partial charge in [-0.3, -0.25) is 0 Å². The van der Waals surface area contributed by atoms with Crippen molar-refractivity contribution in [2.45, 2.75) is 19.8 Å². The van der Waals surface area contributed by atoms with Crippen LogP contribution in [0.1, 0.15) is 25.3 Å². The van der Waals surface area contributed by atoms with Crippen LogP contribution >= 0.6 is 0 Å². The minimum atomic E-state index is -0.188. The highest BCUT2D eigenvalue weighted by molar-refractivity contribution is 5.65. The molecule has 0 amide bonds. The summed E-state index contributed by atoms with van der Waals surface area (Å²) < 4.78 is 13.4. The van der Waals surface area contributed by atoms with Gasteiger partial charge in [0.25, 0.3) is 0 Å². The fraction of sp³-hybridized carbons (Fsp3) is 0.333. The Morgan fingerprint density at radius 3 is 2.79 bits per heavy atom. The van der Waals surface area contributed by atoms with Crippen LogP contribution in [-0.2, 0) is 0 Å². The molecule has 14 heavy (non-hydrogen) atoms. The lowest BCUT2D eigenvalue weighted by Crippen LogP contribution is -2.05. The van der Waals surface area contributed by atoms with Crippen LogP contribution in [0.15, 0.2) is 30.5 Å². The highest BCUT2D eigenvalue weighted by atomic mass is 19.1. The third-order valence-electron chi connectivity index (χ3n) is 2.71. The normalized spacial score (nSPS) is 19.7. The molecule has 1 atom stereocenters. The first-order valence-corrected chi connectivity index (χ1v) is 4.85. The van der Waals surface area contributed by atoms with Gasteiger partial charge in [-0.2, -0.15) is 0 Å². The van der Waals surface area contributed by atoms with Gasteiger partial charge in [-0.1, -0.05) is 32.6 Å². The predicted molar refractivity (Wildman–Crippen MR) is 56.7 cm³/mol. The van der Waals surface area contributed by atoms with E-state index in [1.54, 1.807) is 6.07 Å². The van der Waals surface area contributed by atoms with Crippen LogP contribution in [-0.4, -0.2) is 0 Å². The van der Waals surface area contributed by atoms with E-state index >= 15 is 0 Å². The third-order valence-corrected chi connectivity index (χ3v) is 2.71. The number of halogens is 1. The van der Waals surface area contributed by atoms with Crippen LogP contribution in [0.4, 0.5) is 10.1 Å². The van der Waals surface area contributed by atoms with Crippen LogP contribution in [0.2, 0.25) is 0 Å². The molecule has 0 unspecified atom stereocenters. The van der Waals surface area contributed by atoms with E-state index in [1.807, 2.05) is 6.07 Å². The standard InChI is InChI=1S/C12H14FN/c1-7(2)11-8(3)14-12-9(11)5-4-6-10(12)13/h4-7,11,14H,3H2,1-2H3/t11-/m0/s1. The second-order valence-corrected chi connectivity index (χ2v) is 4.08. The summed E-state index contributed by atoms with van der Waals surface area (Å²) in [7, 11) is 0. The number of nitrogens with one attached hydrogen (secondary N) is 1. The molecule has 1 heterocycles. The summed E-state index contributed by atoms with van der Waals surface area (Å²) in [5, 5.41) is 3.03. The van der Waals surface area contributed by atoms with Crippen molar-refractivity contribution in [2.75, 3.05) is 5.32 Å². The molecular weight excluding hydrogens is 177 g/mol. The zero-order valence-corrected chi connectivity index (χ0v) is 8.47. The summed E-state index contributed by atoms with van der Waals surface area (Å²) >= 11 is 0. The summed E-state index contributed by atoms with van der Waals surface area (Å²) in [6.07, 6.45) is 0. The Morgan fingerprint density at radius 2 is 2.14 bits per heavy atom. The fourth-order valence-electron chi connectivity index (χ4n) is 2.12. The van der Waals surface area contributed by atoms with Crippen molar-refractivity contribution in [1.29, 1.82) is 0 Å². The number of rotatable bonds is 1. The van der Waals surface area contributed by atoms with Gasteiger partial charge in [0.2, 0.25) is 0 Å². The van der Waals surface area contributed by atoms with E-state index < -0.39 is 0 Å². The number of benzene rings is 1. The summed E-state index contributed by atoms with van der Waals surface area (Å²) in [6, 6.07) is 5.19. The molecule has 0 aromatic heterocycles. The molecule has 74 valence electrons. The van der Waals surface area contributed by atoms with Gasteiger partial charge in [-0.25, -0.2) is 4.39 Å². The van der Waals surface area contributed by atoms with Crippen LogP contribution in [0.3, 0.4) is 0 Å². The number of hydrogen-bond donors (Lipinski definition) is 1. The molecule has 2 rings (SSSR count). The molecule has 0 radical (unpaired) electrons. The van der Waals surface area contributed by atoms with E-state index in [-0.39, 0.29) is 11.7 Å². The second-order valence-electron chi connectivity index (χ2n) is 4.08. The van der Waals surface area contributed by atoms with Gasteiger partial charge >= 0.3 is 0 Å². The summed E-state index contributed by atoms with van der Waals surface area (Å²) in [6.45, 7) is 8.18. The maximum atomic E-state index is 13.4. The highest BCUT2D eigenvalue weighted by Gasteiger charge is 2.29. The number of fused-ring (bicyclic) bond motifs is 1. The Balaban J connectivity index is 2.53. The quantitative estimate of drug-likeness (QED) is 0.716. The van der Waals surface area contributed by atoms with E-state index in [0.29, 0.717) is 11.6 Å². The van der Waals surface area contributed by atoms with Crippen molar-refractivity contribution in [3.63, 3.8) is 0 Å². The van der Waals surface area contributed by atoms with Gasteiger partial charge in [-0.05, 0) is 17.5 Å². The molecule has 1 aliphatic rings. The Morgan fingerprint density at radius 1 is 1.43 bits per heavy atom. The van der Waals surface area contributed by atoms with E-state index in [1.165, 1.54) is 6.07 Å². The zero-order valence-electron chi connectivity index (χ0n) is 8.47. The van der Waals surface area contributed by atoms with Crippen molar-refractivity contribution >= 4 is 5.69 Å². The molecule has 1 aliphatic heterocycles. The lowest BCUT2D eigenvalue weighted by molar-refractivity contribution is 0.570. The van der Waals surface area contributed by atoms with Crippen molar-refractivity contribution in [2.24, 2.45) is 5.92 Å². The first-order valence-electron chi connectivity index (χ1n) is 4.85. The zero-order chi connectivity index (χ0) is 10.3. The average molecular weight is 191 g/mol. The molecule has 0 bridgehead atoms. The van der Waals surface area contributed by atoms with Crippen molar-refractivity contribution in [3.8, 4) is 0 Å². The van der Waals surface area contributed by atoms with Crippen LogP contribution in [0, 0.1) is 11.7 Å². The molecule has 0 saturated carbocycles. The van der Waals surface area contributed by atoms with E-state index in [0.717, 1.165) is 11.3 Å². The number of hydrogen-bond acceptors (Lipinski definition) is 1. The topological polar surface area (TPSA) is 12.0 Å². The largest absolute Gasteiger partial charge is 0.356 e. The Bertz CT molecular complexity index is 382. The lowest BCUT2D eigenvalue weighted by Gasteiger charge is -2.15. The SMILES string of the molecule is C=C1Nc2c(F)cccc2[C@H]1C(C)C. The number of para-hydroxylation sites is 1. The van der Waals surface area contributed by atoms with E-state index in [9.17, 15) is 4.39 Å². The maximum Gasteiger partial charge on any atom is 0.146 e. The summed E-state index contributed by atoms with van der Waals surface area (Å²) in [5.74, 6) is 0.491. The van der Waals surface area contributed by atoms with E-state index in [2.05, 4.69) is 25.7 Å². The molecule has 0 saturated heterocycles. The monoisotopic (exact) mass is 191 g/mol. The van der Waals surface area contributed by atoms with Gasteiger partial charge < -0.3 is 5.32 Å². The summed E-state index contributed by atoms with van der Waals surface area (Å²) in [4.78, 5) is 0. The number of allylic oxidation sites excluding steroid dienone is 1. The first kappa shape index (κ1) is 9.25. The van der Waals surface area contributed by atoms with Crippen LogP contribution < -0.4 is 5.32 Å². The van der Waals surface area contributed by atoms with Crippen molar-refractivity contribution < 1.29 is 4.39 Å². The molecular formula is C12H14FN. The Hall–Kier alpha value is -1.31. The molecule has 1 N–H and O–H groups in total. The van der Waals surface area contributed by atoms with Crippen LogP contribution in [0.5, 0.6) is 0 Å². The summed E-state index contributed by atoms with van der Waals surface area (Å²) in [5.41, 5.74) is 2.54. The van der Waals surface area contributed by atoms with Gasteiger partial charge in [0.05, 0.1) is 5.69 Å². The first-order chi connectivity index (χ1) is 6.61. The van der Waals surface area contributed by atoms with Crippen molar-refractivity contribution in [1.82, 2.24) is 0 Å². The highest BCUT2D eigenvalue weighted by Crippen LogP contribution is 2.42. The molecule has 2 heteroatoms. The van der Waals surface area contributed by atoms with Gasteiger partial charge in [0.15, 0.2) is 0 Å². The van der Waals surface area contributed by atoms with Gasteiger partial charge in [0, 0.05) is 11.6 Å². The predicted octanol–water partition coefficient (Wildman–Crippen LogP) is 3.50. The third kappa shape index (κ3) is 1.22. The van der Waals surface area contributed by atoms with E-state index in [4.69, 9.17) is 0 Å². The molecule has 0 fully saturated rings. The molecule has 0 aliphatic carbocycles. The van der Waals surface area contributed by atoms with Crippen LogP contribution in [0.25, 0.3) is 0 Å². The Labute approximate surface area is 83.6 Å². The molecule has 0 spiro atoms. The minimum Gasteiger partial charge on any atom is -0.356 e. The van der Waals surface area contributed by atoms with Crippen molar-refractivity contribution in [3.05, 3.63) is 41.9 Å². The number of anilines is 1. The molecule has 1 nitrogen and oxygen atoms in total. The van der Waals surface area contributed by atoms with Gasteiger partial charge in [-0.15, -0.1) is 0 Å². The minimum absolute atomic E-state index is 0.188. The molecule has 1 aromatic carbocycles. The Kier molecular flexibility index (Phi) is 2.06. The average Bonchev–Trinajstić information content (AvgIpc) is 2.42. The smallest absolute Gasteiger partial charge is 0.146 e. The fourth-order valence-corrected chi connectivity index (χ4v) is 2.12.